The molecule has 0 radical (unpaired) electrons. The summed E-state index contributed by atoms with van der Waals surface area (Å²) in [7, 11) is -3.63. The van der Waals surface area contributed by atoms with Gasteiger partial charge in [0.1, 0.15) is 4.90 Å². The summed E-state index contributed by atoms with van der Waals surface area (Å²) in [5.74, 6) is 0.283. The molecule has 3 unspecified atom stereocenters. The van der Waals surface area contributed by atoms with Crippen molar-refractivity contribution in [2.24, 2.45) is 11.8 Å². The molecule has 2 aliphatic carbocycles. The lowest BCUT2D eigenvalue weighted by Gasteiger charge is -2.23. The highest BCUT2D eigenvalue weighted by Gasteiger charge is 2.39. The number of hydrogen-bond acceptors (Lipinski definition) is 4. The molecule has 1 aromatic rings. The number of anilines is 1. The molecule has 23 heavy (non-hydrogen) atoms. The molecule has 3 rings (SSSR count). The van der Waals surface area contributed by atoms with Crippen molar-refractivity contribution in [2.75, 3.05) is 18.1 Å². The van der Waals surface area contributed by atoms with Crippen LogP contribution < -0.4 is 10.6 Å². The van der Waals surface area contributed by atoms with E-state index in [9.17, 15) is 17.6 Å². The minimum absolute atomic E-state index is 0.0241. The number of halogens is 1. The average Bonchev–Trinajstić information content (AvgIpc) is 3.07. The van der Waals surface area contributed by atoms with Crippen LogP contribution in [0.1, 0.15) is 25.7 Å². The number of carbonyl (C=O) groups is 1. The predicted molar refractivity (Wildman–Crippen MR) is 85.4 cm³/mol. The van der Waals surface area contributed by atoms with Crippen LogP contribution in [0.15, 0.2) is 23.1 Å². The van der Waals surface area contributed by atoms with Crippen LogP contribution in [0.2, 0.25) is 0 Å². The van der Waals surface area contributed by atoms with Crippen LogP contribution in [0.3, 0.4) is 0 Å². The summed E-state index contributed by atoms with van der Waals surface area (Å²) in [6, 6.07) is 4.32. The van der Waals surface area contributed by atoms with Crippen LogP contribution in [-0.2, 0) is 14.6 Å². The van der Waals surface area contributed by atoms with Gasteiger partial charge in [-0.2, -0.15) is 0 Å². The molecule has 0 saturated heterocycles. The number of sulfone groups is 1. The van der Waals surface area contributed by atoms with Gasteiger partial charge in [-0.05, 0) is 43.2 Å². The SMILES string of the molecule is CS(=O)(=O)c1cccc(NCC(=O)NC2CC3CCC2C3)c1F. The highest BCUT2D eigenvalue weighted by atomic mass is 32.2. The third kappa shape index (κ3) is 3.49. The molecule has 0 spiro atoms. The standard InChI is InChI=1S/C16H21FN2O3S/c1-23(21,22)14-4-2-3-12(16(14)17)18-9-15(20)19-13-8-10-5-6-11(13)7-10/h2-4,10-11,13,18H,5-9H2,1H3,(H,19,20). The molecule has 0 heterocycles. The number of fused-ring (bicyclic) bond motifs is 2. The van der Waals surface area contributed by atoms with Gasteiger partial charge in [-0.15, -0.1) is 0 Å². The largest absolute Gasteiger partial charge is 0.374 e. The van der Waals surface area contributed by atoms with Crippen LogP contribution in [0.5, 0.6) is 0 Å². The average molecular weight is 340 g/mol. The molecule has 126 valence electrons. The Hall–Kier alpha value is -1.63. The van der Waals surface area contributed by atoms with E-state index in [2.05, 4.69) is 10.6 Å². The van der Waals surface area contributed by atoms with Crippen LogP contribution in [0, 0.1) is 17.7 Å². The Labute approximate surface area is 135 Å². The maximum atomic E-state index is 14.2. The highest BCUT2D eigenvalue weighted by molar-refractivity contribution is 7.90. The molecular weight excluding hydrogens is 319 g/mol. The maximum absolute atomic E-state index is 14.2. The van der Waals surface area contributed by atoms with Gasteiger partial charge in [0, 0.05) is 12.3 Å². The first-order valence-corrected chi connectivity index (χ1v) is 9.75. The van der Waals surface area contributed by atoms with E-state index in [0.29, 0.717) is 5.92 Å². The van der Waals surface area contributed by atoms with Gasteiger partial charge in [-0.1, -0.05) is 12.5 Å². The van der Waals surface area contributed by atoms with Gasteiger partial charge in [0.2, 0.25) is 5.91 Å². The number of benzene rings is 1. The molecule has 5 nitrogen and oxygen atoms in total. The fraction of sp³-hybridized carbons (Fsp3) is 0.562. The van der Waals surface area contributed by atoms with Crippen molar-refractivity contribution >= 4 is 21.4 Å². The molecule has 1 aromatic carbocycles. The van der Waals surface area contributed by atoms with Crippen molar-refractivity contribution in [1.29, 1.82) is 0 Å². The van der Waals surface area contributed by atoms with E-state index < -0.39 is 15.7 Å². The van der Waals surface area contributed by atoms with Crippen molar-refractivity contribution in [2.45, 2.75) is 36.6 Å². The van der Waals surface area contributed by atoms with Gasteiger partial charge in [0.05, 0.1) is 12.2 Å². The lowest BCUT2D eigenvalue weighted by atomic mass is 9.95. The molecule has 0 aromatic heterocycles. The second-order valence-corrected chi connectivity index (χ2v) is 8.58. The Morgan fingerprint density at radius 1 is 1.30 bits per heavy atom. The fourth-order valence-corrected chi connectivity index (χ4v) is 4.55. The topological polar surface area (TPSA) is 75.3 Å². The first-order chi connectivity index (χ1) is 10.8. The van der Waals surface area contributed by atoms with E-state index in [0.717, 1.165) is 18.6 Å². The molecule has 2 bridgehead atoms. The summed E-state index contributed by atoms with van der Waals surface area (Å²) in [5.41, 5.74) is 0.0241. The number of carbonyl (C=O) groups excluding carboxylic acids is 1. The Morgan fingerprint density at radius 3 is 2.70 bits per heavy atom. The molecule has 2 N–H and O–H groups in total. The molecule has 2 aliphatic rings. The van der Waals surface area contributed by atoms with E-state index >= 15 is 0 Å². The third-order valence-corrected chi connectivity index (χ3v) is 6.00. The smallest absolute Gasteiger partial charge is 0.239 e. The Morgan fingerprint density at radius 2 is 2.09 bits per heavy atom. The molecule has 3 atom stereocenters. The van der Waals surface area contributed by atoms with Crippen molar-refractivity contribution in [3.63, 3.8) is 0 Å². The third-order valence-electron chi connectivity index (χ3n) is 4.89. The monoisotopic (exact) mass is 340 g/mol. The Balaban J connectivity index is 1.59. The van der Waals surface area contributed by atoms with Crippen molar-refractivity contribution in [1.82, 2.24) is 5.32 Å². The molecular formula is C16H21FN2O3S. The number of amides is 1. The van der Waals surface area contributed by atoms with Gasteiger partial charge in [-0.25, -0.2) is 12.8 Å². The number of rotatable bonds is 5. The summed E-state index contributed by atoms with van der Waals surface area (Å²) in [6.07, 6.45) is 5.63. The van der Waals surface area contributed by atoms with E-state index in [-0.39, 0.29) is 29.1 Å². The second kappa shape index (κ2) is 6.11. The van der Waals surface area contributed by atoms with Crippen LogP contribution >= 0.6 is 0 Å². The van der Waals surface area contributed by atoms with Gasteiger partial charge >= 0.3 is 0 Å². The second-order valence-electron chi connectivity index (χ2n) is 6.59. The lowest BCUT2D eigenvalue weighted by Crippen LogP contribution is -2.41. The minimum atomic E-state index is -3.63. The zero-order valence-corrected chi connectivity index (χ0v) is 13.8. The van der Waals surface area contributed by atoms with E-state index in [1.807, 2.05) is 0 Å². The number of hydrogen-bond donors (Lipinski definition) is 2. The van der Waals surface area contributed by atoms with Crippen molar-refractivity contribution in [3.8, 4) is 0 Å². The van der Waals surface area contributed by atoms with E-state index in [4.69, 9.17) is 0 Å². The summed E-state index contributed by atoms with van der Waals surface area (Å²) in [4.78, 5) is 11.7. The summed E-state index contributed by atoms with van der Waals surface area (Å²) in [6.45, 7) is -0.0714. The van der Waals surface area contributed by atoms with Crippen LogP contribution in [0.4, 0.5) is 10.1 Å². The number of nitrogens with one attached hydrogen (secondary N) is 2. The van der Waals surface area contributed by atoms with Crippen molar-refractivity contribution in [3.05, 3.63) is 24.0 Å². The van der Waals surface area contributed by atoms with Gasteiger partial charge in [0.25, 0.3) is 0 Å². The predicted octanol–water partition coefficient (Wildman–Crippen LogP) is 1.95. The first kappa shape index (κ1) is 16.2. The Kier molecular flexibility index (Phi) is 4.31. The molecule has 7 heteroatoms. The van der Waals surface area contributed by atoms with Crippen LogP contribution in [0.25, 0.3) is 0 Å². The highest BCUT2D eigenvalue weighted by Crippen LogP contribution is 2.44. The van der Waals surface area contributed by atoms with Crippen LogP contribution in [-0.4, -0.2) is 33.2 Å². The van der Waals surface area contributed by atoms with E-state index in [1.165, 1.54) is 37.5 Å². The summed E-state index contributed by atoms with van der Waals surface area (Å²) >= 11 is 0. The molecule has 2 fully saturated rings. The van der Waals surface area contributed by atoms with Crippen molar-refractivity contribution < 1.29 is 17.6 Å². The van der Waals surface area contributed by atoms with E-state index in [1.54, 1.807) is 0 Å². The molecule has 2 saturated carbocycles. The van der Waals surface area contributed by atoms with Gasteiger partial charge in [-0.3, -0.25) is 4.79 Å². The maximum Gasteiger partial charge on any atom is 0.239 e. The normalized spacial score (nSPS) is 26.3. The van der Waals surface area contributed by atoms with Gasteiger partial charge in [0.15, 0.2) is 15.7 Å². The minimum Gasteiger partial charge on any atom is -0.374 e. The zero-order chi connectivity index (χ0) is 16.6. The summed E-state index contributed by atoms with van der Waals surface area (Å²) in [5, 5.41) is 5.69. The Bertz CT molecular complexity index is 720. The quantitative estimate of drug-likeness (QED) is 0.859. The fourth-order valence-electron chi connectivity index (χ4n) is 3.79. The summed E-state index contributed by atoms with van der Waals surface area (Å²) < 4.78 is 37.2. The van der Waals surface area contributed by atoms with Gasteiger partial charge < -0.3 is 10.6 Å². The molecule has 0 aliphatic heterocycles. The lowest BCUT2D eigenvalue weighted by molar-refractivity contribution is -0.120. The first-order valence-electron chi connectivity index (χ1n) is 7.86. The zero-order valence-electron chi connectivity index (χ0n) is 13.0. The molecule has 1 amide bonds.